The standard InChI is InChI=1S/C57H58N2/c1-39-8-24-51(25-9-39)58(52-26-10-40(2)11-27-52)53-32-22-50(23-33-53)56-34-35-57(45(7)44(56)6)59(54-28-12-41(3)13-29-54)55-30-20-49(21-31-55)48-18-16-46(17-19-48)14-15-47-37-42(4)36-43(5)38-47/h8-13,16-35,43,47H,4,14-15,36-38H2,1-3,5-7H3. The summed E-state index contributed by atoms with van der Waals surface area (Å²) in [4.78, 5) is 4.74. The lowest BCUT2D eigenvalue weighted by Crippen LogP contribution is -2.15. The summed E-state index contributed by atoms with van der Waals surface area (Å²) in [7, 11) is 0. The highest BCUT2D eigenvalue weighted by molar-refractivity contribution is 5.84. The molecule has 0 N–H and O–H groups in total. The summed E-state index contributed by atoms with van der Waals surface area (Å²) < 4.78 is 0. The van der Waals surface area contributed by atoms with E-state index in [9.17, 15) is 0 Å². The average Bonchev–Trinajstić information content (AvgIpc) is 3.24. The molecule has 1 aliphatic carbocycles. The summed E-state index contributed by atoms with van der Waals surface area (Å²) in [5, 5.41) is 0. The fraction of sp³-hybridized carbons (Fsp3) is 0.228. The van der Waals surface area contributed by atoms with Crippen molar-refractivity contribution in [1.29, 1.82) is 0 Å². The lowest BCUT2D eigenvalue weighted by atomic mass is 9.77. The summed E-state index contributed by atoms with van der Waals surface area (Å²) in [5.41, 5.74) is 21.0. The van der Waals surface area contributed by atoms with Crippen LogP contribution in [0, 0.1) is 46.5 Å². The third kappa shape index (κ3) is 8.98. The highest BCUT2D eigenvalue weighted by Gasteiger charge is 2.22. The van der Waals surface area contributed by atoms with Gasteiger partial charge in [-0.15, -0.1) is 0 Å². The van der Waals surface area contributed by atoms with Gasteiger partial charge in [-0.1, -0.05) is 127 Å². The molecule has 0 heterocycles. The van der Waals surface area contributed by atoms with Crippen molar-refractivity contribution in [3.8, 4) is 22.3 Å². The quantitative estimate of drug-likeness (QED) is 0.121. The lowest BCUT2D eigenvalue weighted by Gasteiger charge is -2.29. The minimum atomic E-state index is 0.774. The molecule has 8 rings (SSSR count). The van der Waals surface area contributed by atoms with Crippen LogP contribution in [0.2, 0.25) is 0 Å². The Balaban J connectivity index is 1.05. The second-order valence-electron chi connectivity index (χ2n) is 17.3. The van der Waals surface area contributed by atoms with E-state index in [1.807, 2.05) is 0 Å². The Labute approximate surface area is 353 Å². The van der Waals surface area contributed by atoms with Crippen molar-refractivity contribution in [2.24, 2.45) is 11.8 Å². The summed E-state index contributed by atoms with van der Waals surface area (Å²) in [6.07, 6.45) is 6.14. The van der Waals surface area contributed by atoms with Crippen LogP contribution >= 0.6 is 0 Å². The predicted molar refractivity (Wildman–Crippen MR) is 254 cm³/mol. The van der Waals surface area contributed by atoms with Gasteiger partial charge >= 0.3 is 0 Å². The van der Waals surface area contributed by atoms with E-state index in [-0.39, 0.29) is 0 Å². The lowest BCUT2D eigenvalue weighted by molar-refractivity contribution is 0.321. The van der Waals surface area contributed by atoms with E-state index in [0.717, 1.165) is 46.7 Å². The highest BCUT2D eigenvalue weighted by atomic mass is 15.1. The van der Waals surface area contributed by atoms with Gasteiger partial charge in [0.15, 0.2) is 0 Å². The summed E-state index contributed by atoms with van der Waals surface area (Å²) in [6, 6.07) is 58.4. The zero-order valence-electron chi connectivity index (χ0n) is 35.8. The van der Waals surface area contributed by atoms with Crippen molar-refractivity contribution in [3.63, 3.8) is 0 Å². The van der Waals surface area contributed by atoms with E-state index >= 15 is 0 Å². The zero-order chi connectivity index (χ0) is 41.0. The smallest absolute Gasteiger partial charge is 0.0493 e. The number of allylic oxidation sites excluding steroid dienone is 1. The molecule has 1 fully saturated rings. The van der Waals surface area contributed by atoms with Gasteiger partial charge in [-0.25, -0.2) is 0 Å². The van der Waals surface area contributed by atoms with Crippen molar-refractivity contribution in [2.75, 3.05) is 9.80 Å². The Morgan fingerprint density at radius 1 is 0.458 bits per heavy atom. The largest absolute Gasteiger partial charge is 0.311 e. The molecular formula is C57H58N2. The Bertz CT molecular complexity index is 2460. The number of aryl methyl sites for hydroxylation is 4. The number of nitrogens with zero attached hydrogens (tertiary/aromatic N) is 2. The van der Waals surface area contributed by atoms with Crippen molar-refractivity contribution < 1.29 is 0 Å². The second-order valence-corrected chi connectivity index (χ2v) is 17.3. The first kappa shape index (κ1) is 39.7. The molecule has 1 saturated carbocycles. The molecule has 0 aliphatic heterocycles. The van der Waals surface area contributed by atoms with E-state index in [1.54, 1.807) is 0 Å². The first-order valence-electron chi connectivity index (χ1n) is 21.5. The number of hydrogen-bond donors (Lipinski definition) is 0. The van der Waals surface area contributed by atoms with Crippen LogP contribution in [0.3, 0.4) is 0 Å². The fourth-order valence-electron chi connectivity index (χ4n) is 9.08. The zero-order valence-corrected chi connectivity index (χ0v) is 35.8. The topological polar surface area (TPSA) is 6.48 Å². The van der Waals surface area contributed by atoms with E-state index in [1.165, 1.54) is 92.6 Å². The van der Waals surface area contributed by atoms with Gasteiger partial charge in [0, 0.05) is 34.1 Å². The van der Waals surface area contributed by atoms with Gasteiger partial charge in [0.25, 0.3) is 0 Å². The van der Waals surface area contributed by atoms with Crippen molar-refractivity contribution in [3.05, 3.63) is 203 Å². The predicted octanol–water partition coefficient (Wildman–Crippen LogP) is 16.4. The van der Waals surface area contributed by atoms with Crippen LogP contribution in [0.5, 0.6) is 0 Å². The average molecular weight is 771 g/mol. The Kier molecular flexibility index (Phi) is 11.7. The molecule has 2 nitrogen and oxygen atoms in total. The van der Waals surface area contributed by atoms with E-state index in [4.69, 9.17) is 0 Å². The van der Waals surface area contributed by atoms with Gasteiger partial charge in [-0.3, -0.25) is 0 Å². The molecule has 0 amide bonds. The van der Waals surface area contributed by atoms with Gasteiger partial charge in [0.2, 0.25) is 0 Å². The van der Waals surface area contributed by atoms with Gasteiger partial charge in [0.1, 0.15) is 0 Å². The molecule has 0 saturated heterocycles. The van der Waals surface area contributed by atoms with Crippen LogP contribution < -0.4 is 9.80 Å². The van der Waals surface area contributed by atoms with Gasteiger partial charge in [-0.2, -0.15) is 0 Å². The van der Waals surface area contributed by atoms with Crippen LogP contribution in [0.15, 0.2) is 170 Å². The van der Waals surface area contributed by atoms with Crippen molar-refractivity contribution in [2.45, 2.75) is 73.6 Å². The van der Waals surface area contributed by atoms with E-state index < -0.39 is 0 Å². The number of anilines is 6. The molecule has 1 aliphatic rings. The molecule has 7 aromatic carbocycles. The first-order chi connectivity index (χ1) is 28.6. The van der Waals surface area contributed by atoms with Crippen LogP contribution in [0.4, 0.5) is 34.1 Å². The van der Waals surface area contributed by atoms with Gasteiger partial charge in [-0.05, 0) is 184 Å². The highest BCUT2D eigenvalue weighted by Crippen LogP contribution is 2.42. The normalized spacial score (nSPS) is 15.3. The Hall–Kier alpha value is -6.12. The molecule has 0 radical (unpaired) electrons. The molecule has 0 aromatic heterocycles. The third-order valence-corrected chi connectivity index (χ3v) is 12.5. The van der Waals surface area contributed by atoms with Crippen molar-refractivity contribution in [1.82, 2.24) is 0 Å². The Morgan fingerprint density at radius 2 is 0.881 bits per heavy atom. The molecule has 2 unspecified atom stereocenters. The summed E-state index contributed by atoms with van der Waals surface area (Å²) in [5.74, 6) is 1.55. The van der Waals surface area contributed by atoms with Crippen LogP contribution in [0.1, 0.15) is 66.0 Å². The number of benzene rings is 7. The second kappa shape index (κ2) is 17.4. The molecule has 59 heavy (non-hydrogen) atoms. The van der Waals surface area contributed by atoms with E-state index in [2.05, 4.69) is 216 Å². The molecule has 2 heteroatoms. The maximum atomic E-state index is 4.31. The SMILES string of the molecule is C=C1CC(C)CC(CCc2ccc(-c3ccc(N(c4ccc(C)cc4)c4ccc(-c5ccc(N(c6ccc(C)cc6)c6ccc(C)cc6)cc5)c(C)c4C)cc3)cc2)C1. The molecule has 2 atom stereocenters. The van der Waals surface area contributed by atoms with Crippen molar-refractivity contribution >= 4 is 34.1 Å². The minimum Gasteiger partial charge on any atom is -0.311 e. The monoisotopic (exact) mass is 770 g/mol. The van der Waals surface area contributed by atoms with E-state index in [0.29, 0.717) is 0 Å². The summed E-state index contributed by atoms with van der Waals surface area (Å²) in [6.45, 7) is 17.6. The third-order valence-electron chi connectivity index (χ3n) is 12.5. The molecule has 0 bridgehead atoms. The Morgan fingerprint density at radius 3 is 1.36 bits per heavy atom. The van der Waals surface area contributed by atoms with Crippen LogP contribution in [-0.4, -0.2) is 0 Å². The fourth-order valence-corrected chi connectivity index (χ4v) is 9.08. The maximum absolute atomic E-state index is 4.31. The maximum Gasteiger partial charge on any atom is 0.0493 e. The minimum absolute atomic E-state index is 0.774. The van der Waals surface area contributed by atoms with Gasteiger partial charge < -0.3 is 9.80 Å². The van der Waals surface area contributed by atoms with Crippen LogP contribution in [0.25, 0.3) is 22.3 Å². The molecule has 0 spiro atoms. The molecule has 296 valence electrons. The molecular weight excluding hydrogens is 713 g/mol. The molecule has 7 aromatic rings. The number of rotatable bonds is 11. The van der Waals surface area contributed by atoms with Gasteiger partial charge in [0.05, 0.1) is 0 Å². The first-order valence-corrected chi connectivity index (χ1v) is 21.5. The summed E-state index contributed by atoms with van der Waals surface area (Å²) >= 11 is 0. The number of hydrogen-bond acceptors (Lipinski definition) is 2. The van der Waals surface area contributed by atoms with Crippen LogP contribution in [-0.2, 0) is 6.42 Å².